The van der Waals surface area contributed by atoms with Crippen molar-refractivity contribution in [3.8, 4) is 0 Å². The van der Waals surface area contributed by atoms with Gasteiger partial charge in [0.1, 0.15) is 0 Å². The van der Waals surface area contributed by atoms with Crippen LogP contribution in [0, 0.1) is 0 Å². The highest BCUT2D eigenvalue weighted by Gasteiger charge is 1.95. The molecule has 0 aromatic heterocycles. The van der Waals surface area contributed by atoms with Crippen LogP contribution in [0.1, 0.15) is 6.42 Å². The molecule has 0 radical (unpaired) electrons. The zero-order valence-electron chi connectivity index (χ0n) is 5.22. The van der Waals surface area contributed by atoms with Crippen LogP contribution in [-0.2, 0) is 0 Å². The van der Waals surface area contributed by atoms with Crippen molar-refractivity contribution in [1.29, 1.82) is 0 Å². The monoisotopic (exact) mass is 112 g/mol. The normalized spacial score (nSPS) is 22.1. The summed E-state index contributed by atoms with van der Waals surface area (Å²) in [6, 6.07) is 0. The minimum Gasteiger partial charge on any atom is -0.378 e. The quantitative estimate of drug-likeness (QED) is 0.487. The zero-order valence-corrected chi connectivity index (χ0v) is 5.22. The van der Waals surface area contributed by atoms with Crippen LogP contribution < -0.4 is 5.32 Å². The maximum Gasteiger partial charge on any atom is 0.0670 e. The van der Waals surface area contributed by atoms with Crippen molar-refractivity contribution >= 4 is 0 Å². The average molecular weight is 112 g/mol. The van der Waals surface area contributed by atoms with E-state index in [1.54, 1.807) is 0 Å². The molecule has 0 aromatic rings. The van der Waals surface area contributed by atoms with E-state index in [2.05, 4.69) is 23.3 Å². The molecule has 0 saturated carbocycles. The summed E-state index contributed by atoms with van der Waals surface area (Å²) < 4.78 is 0. The smallest absolute Gasteiger partial charge is 0.0670 e. The van der Waals surface area contributed by atoms with Gasteiger partial charge in [0, 0.05) is 6.54 Å². The number of nitrogens with zero attached hydrogens (tertiary/aromatic N) is 1. The summed E-state index contributed by atoms with van der Waals surface area (Å²) in [6.45, 7) is 2.15. The molecule has 1 N–H and O–H groups in total. The van der Waals surface area contributed by atoms with Gasteiger partial charge >= 0.3 is 0 Å². The topological polar surface area (TPSA) is 15.3 Å². The molecule has 0 amide bonds. The summed E-state index contributed by atoms with van der Waals surface area (Å²) in [6.07, 6.45) is 5.34. The van der Waals surface area contributed by atoms with Crippen LogP contribution in [0.2, 0.25) is 0 Å². The Morgan fingerprint density at radius 2 is 2.50 bits per heavy atom. The minimum atomic E-state index is 0.983. The molecule has 1 aliphatic rings. The van der Waals surface area contributed by atoms with Crippen LogP contribution in [-0.4, -0.2) is 25.2 Å². The maximum absolute atomic E-state index is 3.14. The Morgan fingerprint density at radius 1 is 1.62 bits per heavy atom. The van der Waals surface area contributed by atoms with E-state index >= 15 is 0 Å². The van der Waals surface area contributed by atoms with Crippen molar-refractivity contribution in [2.75, 3.05) is 20.3 Å². The van der Waals surface area contributed by atoms with Crippen molar-refractivity contribution in [1.82, 2.24) is 10.2 Å². The van der Waals surface area contributed by atoms with Gasteiger partial charge in [0.2, 0.25) is 0 Å². The molecule has 0 atom stereocenters. The van der Waals surface area contributed by atoms with Crippen molar-refractivity contribution in [3.05, 3.63) is 12.3 Å². The predicted octanol–water partition coefficient (Wildman–Crippen LogP) is 0.383. The maximum atomic E-state index is 3.14. The first-order chi connectivity index (χ1) is 3.89. The summed E-state index contributed by atoms with van der Waals surface area (Å²) in [7, 11) is 2.11. The summed E-state index contributed by atoms with van der Waals surface area (Å²) in [5.41, 5.74) is 0. The Bertz CT molecular complexity index is 78.5. The van der Waals surface area contributed by atoms with Crippen molar-refractivity contribution in [2.45, 2.75) is 6.42 Å². The van der Waals surface area contributed by atoms with Gasteiger partial charge in [0.15, 0.2) is 0 Å². The Balaban J connectivity index is 2.28. The average Bonchev–Trinajstić information content (AvgIpc) is 1.94. The molecule has 8 heavy (non-hydrogen) atoms. The van der Waals surface area contributed by atoms with E-state index in [1.807, 2.05) is 6.20 Å². The first-order valence-corrected chi connectivity index (χ1v) is 2.96. The van der Waals surface area contributed by atoms with E-state index in [9.17, 15) is 0 Å². The fourth-order valence-corrected chi connectivity index (χ4v) is 0.749. The lowest BCUT2D eigenvalue weighted by Crippen LogP contribution is -2.26. The highest BCUT2D eigenvalue weighted by Crippen LogP contribution is 1.90. The summed E-state index contributed by atoms with van der Waals surface area (Å²) in [4.78, 5) is 2.25. The molecule has 0 aliphatic carbocycles. The summed E-state index contributed by atoms with van der Waals surface area (Å²) >= 11 is 0. The molecule has 2 heteroatoms. The molecular formula is C6H12N2. The third kappa shape index (κ3) is 1.54. The molecular weight excluding hydrogens is 100 g/mol. The number of rotatable bonds is 0. The van der Waals surface area contributed by atoms with Gasteiger partial charge in [-0.25, -0.2) is 0 Å². The van der Waals surface area contributed by atoms with Gasteiger partial charge in [-0.1, -0.05) is 6.08 Å². The molecule has 0 fully saturated rings. The molecule has 0 saturated heterocycles. The van der Waals surface area contributed by atoms with Crippen LogP contribution >= 0.6 is 0 Å². The Kier molecular flexibility index (Phi) is 1.92. The lowest BCUT2D eigenvalue weighted by Gasteiger charge is -2.11. The lowest BCUT2D eigenvalue weighted by molar-refractivity contribution is 0.337. The largest absolute Gasteiger partial charge is 0.378 e. The first-order valence-electron chi connectivity index (χ1n) is 2.96. The van der Waals surface area contributed by atoms with E-state index in [-0.39, 0.29) is 0 Å². The van der Waals surface area contributed by atoms with E-state index in [0.29, 0.717) is 0 Å². The highest BCUT2D eigenvalue weighted by atomic mass is 15.2. The van der Waals surface area contributed by atoms with Crippen LogP contribution in [0.3, 0.4) is 0 Å². The van der Waals surface area contributed by atoms with E-state index in [4.69, 9.17) is 0 Å². The van der Waals surface area contributed by atoms with E-state index in [1.165, 1.54) is 13.0 Å². The van der Waals surface area contributed by atoms with Crippen molar-refractivity contribution < 1.29 is 0 Å². The van der Waals surface area contributed by atoms with Crippen molar-refractivity contribution in [2.24, 2.45) is 0 Å². The predicted molar refractivity (Wildman–Crippen MR) is 34.4 cm³/mol. The van der Waals surface area contributed by atoms with Gasteiger partial charge < -0.3 is 5.32 Å². The Labute approximate surface area is 50.2 Å². The first kappa shape index (κ1) is 5.63. The third-order valence-electron chi connectivity index (χ3n) is 1.27. The number of hydrogen-bond donors (Lipinski definition) is 1. The van der Waals surface area contributed by atoms with Crippen LogP contribution in [0.5, 0.6) is 0 Å². The van der Waals surface area contributed by atoms with Gasteiger partial charge in [-0.05, 0) is 19.7 Å². The van der Waals surface area contributed by atoms with Crippen LogP contribution in [0.15, 0.2) is 12.3 Å². The van der Waals surface area contributed by atoms with Gasteiger partial charge in [-0.3, -0.25) is 4.90 Å². The van der Waals surface area contributed by atoms with Gasteiger partial charge in [-0.15, -0.1) is 0 Å². The van der Waals surface area contributed by atoms with Gasteiger partial charge in [0.25, 0.3) is 0 Å². The molecule has 1 rings (SSSR count). The fraction of sp³-hybridized carbons (Fsp3) is 0.667. The second-order valence-electron chi connectivity index (χ2n) is 2.13. The lowest BCUT2D eigenvalue weighted by atomic mass is 10.4. The SMILES string of the molecule is CN1CCC=CNC1. The molecule has 2 nitrogen and oxygen atoms in total. The second-order valence-corrected chi connectivity index (χ2v) is 2.13. The molecule has 1 heterocycles. The standard InChI is InChI=1S/C6H12N2/c1-8-5-3-2-4-7-6-8/h2,4,7H,3,5-6H2,1H3. The zero-order chi connectivity index (χ0) is 5.82. The molecule has 0 spiro atoms. The summed E-state index contributed by atoms with van der Waals surface area (Å²) in [5, 5.41) is 3.14. The molecule has 0 unspecified atom stereocenters. The fourth-order valence-electron chi connectivity index (χ4n) is 0.749. The highest BCUT2D eigenvalue weighted by molar-refractivity contribution is 4.82. The van der Waals surface area contributed by atoms with E-state index < -0.39 is 0 Å². The molecule has 0 bridgehead atoms. The number of nitrogens with one attached hydrogen (secondary N) is 1. The Hall–Kier alpha value is -0.500. The van der Waals surface area contributed by atoms with Gasteiger partial charge in [-0.2, -0.15) is 0 Å². The van der Waals surface area contributed by atoms with Gasteiger partial charge in [0.05, 0.1) is 6.67 Å². The molecule has 0 aromatic carbocycles. The van der Waals surface area contributed by atoms with E-state index in [0.717, 1.165) is 6.67 Å². The minimum absolute atomic E-state index is 0.983. The Morgan fingerprint density at radius 3 is 3.38 bits per heavy atom. The second kappa shape index (κ2) is 2.72. The molecule has 1 aliphatic heterocycles. The summed E-state index contributed by atoms with van der Waals surface area (Å²) in [5.74, 6) is 0. The molecule has 46 valence electrons. The van der Waals surface area contributed by atoms with Crippen LogP contribution in [0.25, 0.3) is 0 Å². The number of hydrogen-bond acceptors (Lipinski definition) is 2. The van der Waals surface area contributed by atoms with Crippen molar-refractivity contribution in [3.63, 3.8) is 0 Å². The third-order valence-corrected chi connectivity index (χ3v) is 1.27. The van der Waals surface area contributed by atoms with Crippen LogP contribution in [0.4, 0.5) is 0 Å².